The summed E-state index contributed by atoms with van der Waals surface area (Å²) in [5.74, 6) is 0. The van der Waals surface area contributed by atoms with Crippen LogP contribution in [0.4, 0.5) is 5.13 Å². The lowest BCUT2D eigenvalue weighted by molar-refractivity contribution is 1.27. The molecule has 0 aliphatic carbocycles. The van der Waals surface area contributed by atoms with Gasteiger partial charge in [-0.25, -0.2) is 4.98 Å². The van der Waals surface area contributed by atoms with Crippen LogP contribution in [0.15, 0.2) is 46.9 Å². The zero-order valence-electron chi connectivity index (χ0n) is 12.9. The molecule has 25 heavy (non-hydrogen) atoms. The molecule has 0 unspecified atom stereocenters. The van der Waals surface area contributed by atoms with E-state index < -0.39 is 0 Å². The lowest BCUT2D eigenvalue weighted by Gasteiger charge is -2.03. The summed E-state index contributed by atoms with van der Waals surface area (Å²) in [6.45, 7) is 1.88. The van der Waals surface area contributed by atoms with E-state index in [1.165, 1.54) is 11.3 Å². The van der Waals surface area contributed by atoms with Gasteiger partial charge in [-0.1, -0.05) is 58.5 Å². The minimum atomic E-state index is 0.491. The van der Waals surface area contributed by atoms with E-state index in [0.29, 0.717) is 25.2 Å². The number of aromatic nitrogens is 1. The summed E-state index contributed by atoms with van der Waals surface area (Å²) < 4.78 is 0. The van der Waals surface area contributed by atoms with Crippen LogP contribution in [0, 0.1) is 0 Å². The molecule has 1 heterocycles. The second kappa shape index (κ2) is 7.94. The number of hydrogen-bond donors (Lipinski definition) is 1. The van der Waals surface area contributed by atoms with Gasteiger partial charge in [0.05, 0.1) is 31.5 Å². The van der Waals surface area contributed by atoms with Crippen LogP contribution in [0.3, 0.4) is 0 Å². The Bertz CT molecular complexity index is 953. The smallest absolute Gasteiger partial charge is 0.203 e. The van der Waals surface area contributed by atoms with E-state index in [1.54, 1.807) is 24.3 Å². The van der Waals surface area contributed by atoms with Crippen LogP contribution in [0.2, 0.25) is 20.1 Å². The molecule has 0 radical (unpaired) electrons. The molecular weight excluding hydrogens is 420 g/mol. The highest BCUT2D eigenvalue weighted by Crippen LogP contribution is 2.30. The van der Waals surface area contributed by atoms with Crippen LogP contribution in [-0.2, 0) is 0 Å². The first-order chi connectivity index (χ1) is 11.9. The molecule has 0 amide bonds. The Morgan fingerprint density at radius 3 is 2.32 bits per heavy atom. The predicted molar refractivity (Wildman–Crippen MR) is 110 cm³/mol. The molecule has 8 heteroatoms. The van der Waals surface area contributed by atoms with Gasteiger partial charge < -0.3 is 0 Å². The first-order valence-corrected chi connectivity index (χ1v) is 9.50. The van der Waals surface area contributed by atoms with E-state index in [-0.39, 0.29) is 0 Å². The summed E-state index contributed by atoms with van der Waals surface area (Å²) in [7, 11) is 0. The minimum Gasteiger partial charge on any atom is -0.252 e. The molecule has 0 bridgehead atoms. The third-order valence-electron chi connectivity index (χ3n) is 3.38. The van der Waals surface area contributed by atoms with Crippen LogP contribution >= 0.6 is 57.7 Å². The van der Waals surface area contributed by atoms with Gasteiger partial charge >= 0.3 is 0 Å². The third-order valence-corrected chi connectivity index (χ3v) is 5.60. The SMILES string of the molecule is C/C(=N\Nc1nc(-c2ccc(Cl)c(Cl)c2)cs1)c1ccc(Cl)c(Cl)c1. The topological polar surface area (TPSA) is 37.3 Å². The van der Waals surface area contributed by atoms with E-state index in [1.807, 2.05) is 24.4 Å². The first-order valence-electron chi connectivity index (χ1n) is 7.10. The molecule has 3 nitrogen and oxygen atoms in total. The maximum absolute atomic E-state index is 6.05. The maximum Gasteiger partial charge on any atom is 0.203 e. The number of nitrogens with zero attached hydrogens (tertiary/aromatic N) is 2. The van der Waals surface area contributed by atoms with Crippen molar-refractivity contribution >= 4 is 68.6 Å². The Hall–Kier alpha value is -1.30. The van der Waals surface area contributed by atoms with Crippen molar-refractivity contribution in [1.82, 2.24) is 4.98 Å². The Morgan fingerprint density at radius 2 is 1.64 bits per heavy atom. The molecule has 0 spiro atoms. The van der Waals surface area contributed by atoms with E-state index in [2.05, 4.69) is 15.5 Å². The van der Waals surface area contributed by atoms with E-state index in [4.69, 9.17) is 46.4 Å². The highest BCUT2D eigenvalue weighted by atomic mass is 35.5. The van der Waals surface area contributed by atoms with E-state index in [9.17, 15) is 0 Å². The quantitative estimate of drug-likeness (QED) is 0.349. The second-order valence-corrected chi connectivity index (χ2v) is 7.59. The molecule has 3 aromatic rings. The van der Waals surface area contributed by atoms with Crippen molar-refractivity contribution in [3.63, 3.8) is 0 Å². The predicted octanol–water partition coefficient (Wildman–Crippen LogP) is 7.26. The first kappa shape index (κ1) is 18.5. The van der Waals surface area contributed by atoms with Crippen molar-refractivity contribution in [2.45, 2.75) is 6.92 Å². The van der Waals surface area contributed by atoms with Crippen molar-refractivity contribution in [3.8, 4) is 11.3 Å². The second-order valence-electron chi connectivity index (χ2n) is 5.10. The Labute approximate surface area is 169 Å². The maximum atomic E-state index is 6.05. The minimum absolute atomic E-state index is 0.491. The summed E-state index contributed by atoms with van der Waals surface area (Å²) in [5, 5.41) is 8.94. The molecule has 0 atom stereocenters. The van der Waals surface area contributed by atoms with Gasteiger partial charge in [-0.15, -0.1) is 11.3 Å². The van der Waals surface area contributed by atoms with Gasteiger partial charge in [0.1, 0.15) is 0 Å². The monoisotopic (exact) mass is 429 g/mol. The molecule has 1 N–H and O–H groups in total. The van der Waals surface area contributed by atoms with Crippen molar-refractivity contribution in [1.29, 1.82) is 0 Å². The number of halogens is 4. The fourth-order valence-electron chi connectivity index (χ4n) is 2.03. The van der Waals surface area contributed by atoms with Crippen molar-refractivity contribution in [2.24, 2.45) is 5.10 Å². The fourth-order valence-corrected chi connectivity index (χ4v) is 3.29. The largest absolute Gasteiger partial charge is 0.252 e. The zero-order valence-corrected chi connectivity index (χ0v) is 16.7. The van der Waals surface area contributed by atoms with Crippen LogP contribution < -0.4 is 5.43 Å². The third kappa shape index (κ3) is 4.46. The molecule has 2 aromatic carbocycles. The molecule has 0 aliphatic heterocycles. The number of nitrogens with one attached hydrogen (secondary N) is 1. The Balaban J connectivity index is 1.76. The summed E-state index contributed by atoms with van der Waals surface area (Å²) in [6, 6.07) is 10.8. The molecule has 128 valence electrons. The number of hydrogen-bond acceptors (Lipinski definition) is 4. The molecule has 1 aromatic heterocycles. The summed E-state index contributed by atoms with van der Waals surface area (Å²) in [4.78, 5) is 4.50. The van der Waals surface area contributed by atoms with Gasteiger partial charge in [-0.05, 0) is 36.8 Å². The molecule has 3 rings (SSSR count). The van der Waals surface area contributed by atoms with Gasteiger partial charge in [0, 0.05) is 10.9 Å². The summed E-state index contributed by atoms with van der Waals surface area (Å²) >= 11 is 25.4. The molecule has 0 saturated carbocycles. The van der Waals surface area contributed by atoms with Crippen molar-refractivity contribution < 1.29 is 0 Å². The molecule has 0 saturated heterocycles. The number of hydrazone groups is 1. The highest BCUT2D eigenvalue weighted by Gasteiger charge is 2.07. The van der Waals surface area contributed by atoms with Crippen LogP contribution in [0.1, 0.15) is 12.5 Å². The van der Waals surface area contributed by atoms with Gasteiger partial charge in [0.2, 0.25) is 5.13 Å². The number of thiazole rings is 1. The summed E-state index contributed by atoms with van der Waals surface area (Å²) in [6.07, 6.45) is 0. The zero-order chi connectivity index (χ0) is 18.0. The molecule has 0 fully saturated rings. The van der Waals surface area contributed by atoms with E-state index in [0.717, 1.165) is 22.5 Å². The Kier molecular flexibility index (Phi) is 5.87. The highest BCUT2D eigenvalue weighted by molar-refractivity contribution is 7.14. The molecule has 0 aliphatic rings. The van der Waals surface area contributed by atoms with Crippen molar-refractivity contribution in [2.75, 3.05) is 5.43 Å². The summed E-state index contributed by atoms with van der Waals surface area (Å²) in [5.41, 5.74) is 6.29. The number of rotatable bonds is 4. The van der Waals surface area contributed by atoms with Crippen molar-refractivity contribution in [3.05, 3.63) is 67.4 Å². The Morgan fingerprint density at radius 1 is 0.960 bits per heavy atom. The van der Waals surface area contributed by atoms with Crippen LogP contribution in [0.5, 0.6) is 0 Å². The van der Waals surface area contributed by atoms with Gasteiger partial charge in [0.25, 0.3) is 0 Å². The van der Waals surface area contributed by atoms with Gasteiger partial charge in [-0.3, -0.25) is 5.43 Å². The normalized spacial score (nSPS) is 11.6. The van der Waals surface area contributed by atoms with Crippen LogP contribution in [-0.4, -0.2) is 10.7 Å². The lowest BCUT2D eigenvalue weighted by Crippen LogP contribution is -1.99. The number of benzene rings is 2. The standard InChI is InChI=1S/C17H11Cl4N3S/c1-9(10-2-4-12(18)14(20)6-10)23-24-17-22-16(8-25-17)11-3-5-13(19)15(21)7-11/h2-8H,1H3,(H,22,24)/b23-9+. The average molecular weight is 431 g/mol. The number of anilines is 1. The average Bonchev–Trinajstić information content (AvgIpc) is 3.06. The van der Waals surface area contributed by atoms with Crippen LogP contribution in [0.25, 0.3) is 11.3 Å². The molecular formula is C17H11Cl4N3S. The van der Waals surface area contributed by atoms with Gasteiger partial charge in [0.15, 0.2) is 0 Å². The van der Waals surface area contributed by atoms with Gasteiger partial charge in [-0.2, -0.15) is 5.10 Å². The fraction of sp³-hybridized carbons (Fsp3) is 0.0588. The lowest BCUT2D eigenvalue weighted by atomic mass is 10.1. The van der Waals surface area contributed by atoms with E-state index >= 15 is 0 Å².